The largest absolute Gasteiger partial charge is 0.303 e. The Bertz CT molecular complexity index is 375. The molecule has 0 aromatic heterocycles. The number of aryl methyl sites for hydroxylation is 1. The van der Waals surface area contributed by atoms with Crippen LogP contribution in [-0.4, -0.2) is 24.5 Å². The highest BCUT2D eigenvalue weighted by atomic mass is 15.1. The van der Waals surface area contributed by atoms with Crippen molar-refractivity contribution in [1.29, 1.82) is 0 Å². The fourth-order valence-corrected chi connectivity index (χ4v) is 2.51. The summed E-state index contributed by atoms with van der Waals surface area (Å²) in [7, 11) is 0. The molecule has 0 radical (unpaired) electrons. The number of rotatable bonds is 5. The Labute approximate surface area is 105 Å². The third-order valence-corrected chi connectivity index (χ3v) is 3.56. The van der Waals surface area contributed by atoms with Gasteiger partial charge in [-0.05, 0) is 63.4 Å². The predicted octanol–water partition coefficient (Wildman–Crippen LogP) is 3.75. The zero-order chi connectivity index (χ0) is 12.1. The molecule has 0 atom stereocenters. The van der Waals surface area contributed by atoms with Crippen LogP contribution in [0, 0.1) is 0 Å². The highest BCUT2D eigenvalue weighted by Gasteiger charge is 2.10. The first kappa shape index (κ1) is 12.4. The molecule has 1 fully saturated rings. The van der Waals surface area contributed by atoms with E-state index in [1.54, 1.807) is 0 Å². The fraction of sp³-hybridized carbons (Fsp3) is 0.500. The summed E-state index contributed by atoms with van der Waals surface area (Å²) in [5.74, 6) is 0. The van der Waals surface area contributed by atoms with Gasteiger partial charge in [-0.2, -0.15) is 0 Å². The lowest BCUT2D eigenvalue weighted by Gasteiger charge is -2.14. The van der Waals surface area contributed by atoms with E-state index in [4.69, 9.17) is 0 Å². The third kappa shape index (κ3) is 3.71. The molecule has 1 heteroatoms. The van der Waals surface area contributed by atoms with E-state index >= 15 is 0 Å². The van der Waals surface area contributed by atoms with E-state index < -0.39 is 0 Å². The second-order valence-electron chi connectivity index (χ2n) is 5.13. The van der Waals surface area contributed by atoms with Gasteiger partial charge in [0.1, 0.15) is 0 Å². The lowest BCUT2D eigenvalue weighted by molar-refractivity contribution is 0.334. The maximum atomic E-state index is 4.00. The van der Waals surface area contributed by atoms with Gasteiger partial charge >= 0.3 is 0 Å². The second kappa shape index (κ2) is 6.02. The van der Waals surface area contributed by atoms with E-state index in [-0.39, 0.29) is 0 Å². The molecule has 1 aliphatic rings. The molecule has 1 aromatic rings. The zero-order valence-corrected chi connectivity index (χ0v) is 10.9. The van der Waals surface area contributed by atoms with Crippen LogP contribution in [0.5, 0.6) is 0 Å². The van der Waals surface area contributed by atoms with Crippen molar-refractivity contribution in [3.8, 4) is 0 Å². The second-order valence-corrected chi connectivity index (χ2v) is 5.13. The smallest absolute Gasteiger partial charge is 0.00156 e. The number of benzene rings is 1. The van der Waals surface area contributed by atoms with Gasteiger partial charge in [-0.3, -0.25) is 0 Å². The van der Waals surface area contributed by atoms with Crippen molar-refractivity contribution in [2.45, 2.75) is 32.6 Å². The summed E-state index contributed by atoms with van der Waals surface area (Å²) in [6.45, 7) is 9.96. The van der Waals surface area contributed by atoms with Gasteiger partial charge in [-0.1, -0.05) is 36.4 Å². The first-order chi connectivity index (χ1) is 8.25. The third-order valence-electron chi connectivity index (χ3n) is 3.56. The molecule has 1 aromatic carbocycles. The average molecular weight is 229 g/mol. The summed E-state index contributed by atoms with van der Waals surface area (Å²) in [5.41, 5.74) is 3.89. The molecule has 0 spiro atoms. The lowest BCUT2D eigenvalue weighted by Crippen LogP contribution is -2.20. The van der Waals surface area contributed by atoms with Crippen LogP contribution in [0.25, 0.3) is 5.57 Å². The Kier molecular flexibility index (Phi) is 4.38. The Morgan fingerprint density at radius 2 is 2.06 bits per heavy atom. The van der Waals surface area contributed by atoms with Gasteiger partial charge in [0, 0.05) is 0 Å². The molecule has 0 N–H and O–H groups in total. The van der Waals surface area contributed by atoms with Crippen molar-refractivity contribution in [2.24, 2.45) is 0 Å². The normalized spacial score (nSPS) is 16.3. The molecule has 1 heterocycles. The molecule has 0 bridgehead atoms. The molecule has 0 amide bonds. The van der Waals surface area contributed by atoms with E-state index in [0.29, 0.717) is 0 Å². The Morgan fingerprint density at radius 3 is 2.76 bits per heavy atom. The number of likely N-dealkylation sites (tertiary alicyclic amines) is 1. The van der Waals surface area contributed by atoms with Gasteiger partial charge in [-0.15, -0.1) is 0 Å². The fourth-order valence-electron chi connectivity index (χ4n) is 2.51. The van der Waals surface area contributed by atoms with E-state index in [0.717, 1.165) is 5.57 Å². The number of nitrogens with zero attached hydrogens (tertiary/aromatic N) is 1. The summed E-state index contributed by atoms with van der Waals surface area (Å²) in [6, 6.07) is 8.81. The summed E-state index contributed by atoms with van der Waals surface area (Å²) in [6.07, 6.45) is 5.26. The molecule has 17 heavy (non-hydrogen) atoms. The minimum Gasteiger partial charge on any atom is -0.303 e. The van der Waals surface area contributed by atoms with Crippen LogP contribution in [0.1, 0.15) is 37.3 Å². The van der Waals surface area contributed by atoms with Crippen molar-refractivity contribution in [3.63, 3.8) is 0 Å². The summed E-state index contributed by atoms with van der Waals surface area (Å²) in [5, 5.41) is 0. The van der Waals surface area contributed by atoms with Crippen LogP contribution in [0.3, 0.4) is 0 Å². The SMILES string of the molecule is C=C(C)c1cccc(CCCN2CCCC2)c1. The van der Waals surface area contributed by atoms with Crippen molar-refractivity contribution >= 4 is 5.57 Å². The van der Waals surface area contributed by atoms with Crippen molar-refractivity contribution in [2.75, 3.05) is 19.6 Å². The monoisotopic (exact) mass is 229 g/mol. The number of hydrogen-bond acceptors (Lipinski definition) is 1. The van der Waals surface area contributed by atoms with E-state index in [1.807, 2.05) is 0 Å². The zero-order valence-electron chi connectivity index (χ0n) is 10.9. The molecule has 0 saturated carbocycles. The molecular weight excluding hydrogens is 206 g/mol. The minimum absolute atomic E-state index is 1.16. The van der Waals surface area contributed by atoms with E-state index in [1.165, 1.54) is 56.4 Å². The molecule has 1 nitrogen and oxygen atoms in total. The van der Waals surface area contributed by atoms with Crippen LogP contribution in [0.2, 0.25) is 0 Å². The summed E-state index contributed by atoms with van der Waals surface area (Å²) < 4.78 is 0. The van der Waals surface area contributed by atoms with Gasteiger partial charge < -0.3 is 4.90 Å². The van der Waals surface area contributed by atoms with Gasteiger partial charge in [0.15, 0.2) is 0 Å². The van der Waals surface area contributed by atoms with Gasteiger partial charge in [0.2, 0.25) is 0 Å². The topological polar surface area (TPSA) is 3.24 Å². The van der Waals surface area contributed by atoms with Crippen molar-refractivity contribution in [3.05, 3.63) is 42.0 Å². The van der Waals surface area contributed by atoms with Gasteiger partial charge in [0.05, 0.1) is 0 Å². The summed E-state index contributed by atoms with van der Waals surface area (Å²) in [4.78, 5) is 2.59. The lowest BCUT2D eigenvalue weighted by atomic mass is 10.0. The highest BCUT2D eigenvalue weighted by molar-refractivity contribution is 5.61. The van der Waals surface area contributed by atoms with Crippen LogP contribution >= 0.6 is 0 Å². The molecule has 1 saturated heterocycles. The number of hydrogen-bond donors (Lipinski definition) is 0. The first-order valence-corrected chi connectivity index (χ1v) is 6.73. The summed E-state index contributed by atoms with van der Waals surface area (Å²) >= 11 is 0. The van der Waals surface area contributed by atoms with E-state index in [9.17, 15) is 0 Å². The number of allylic oxidation sites excluding steroid dienone is 1. The maximum absolute atomic E-state index is 4.00. The molecule has 0 unspecified atom stereocenters. The Balaban J connectivity index is 1.81. The van der Waals surface area contributed by atoms with Gasteiger partial charge in [-0.25, -0.2) is 0 Å². The van der Waals surface area contributed by atoms with Gasteiger partial charge in [0.25, 0.3) is 0 Å². The molecule has 92 valence electrons. The van der Waals surface area contributed by atoms with Crippen molar-refractivity contribution < 1.29 is 0 Å². The van der Waals surface area contributed by atoms with Crippen LogP contribution in [0.15, 0.2) is 30.8 Å². The Morgan fingerprint density at radius 1 is 1.29 bits per heavy atom. The van der Waals surface area contributed by atoms with Crippen LogP contribution in [0.4, 0.5) is 0 Å². The van der Waals surface area contributed by atoms with Crippen molar-refractivity contribution in [1.82, 2.24) is 4.90 Å². The standard InChI is InChI=1S/C16H23N/c1-14(2)16-9-5-7-15(13-16)8-6-12-17-10-3-4-11-17/h5,7,9,13H,1,3-4,6,8,10-12H2,2H3. The first-order valence-electron chi connectivity index (χ1n) is 6.73. The quantitative estimate of drug-likeness (QED) is 0.743. The van der Waals surface area contributed by atoms with Crippen LogP contribution < -0.4 is 0 Å². The minimum atomic E-state index is 1.16. The maximum Gasteiger partial charge on any atom is -0.00156 e. The molecule has 2 rings (SSSR count). The van der Waals surface area contributed by atoms with Crippen LogP contribution in [-0.2, 0) is 6.42 Å². The highest BCUT2D eigenvalue weighted by Crippen LogP contribution is 2.15. The predicted molar refractivity (Wildman–Crippen MR) is 75.1 cm³/mol. The average Bonchev–Trinajstić information content (AvgIpc) is 2.82. The Hall–Kier alpha value is -1.08. The molecule has 0 aliphatic carbocycles. The van der Waals surface area contributed by atoms with E-state index in [2.05, 4.69) is 42.7 Å². The molecular formula is C16H23N. The molecule has 1 aliphatic heterocycles.